The van der Waals surface area contributed by atoms with Crippen molar-refractivity contribution in [3.05, 3.63) is 30.1 Å². The van der Waals surface area contributed by atoms with Crippen molar-refractivity contribution in [2.24, 2.45) is 4.99 Å². The van der Waals surface area contributed by atoms with Crippen molar-refractivity contribution in [2.45, 2.75) is 19.8 Å². The van der Waals surface area contributed by atoms with Crippen LogP contribution < -0.4 is 10.1 Å². The summed E-state index contributed by atoms with van der Waals surface area (Å²) in [6.07, 6.45) is 2.29. The Balaban J connectivity index is 0.00000400. The van der Waals surface area contributed by atoms with E-state index >= 15 is 0 Å². The molecule has 0 bridgehead atoms. The van der Waals surface area contributed by atoms with Gasteiger partial charge in [0.2, 0.25) is 0 Å². The fraction of sp³-hybridized carbons (Fsp3) is 0.533. The van der Waals surface area contributed by atoms with Gasteiger partial charge in [-0.05, 0) is 18.6 Å². The van der Waals surface area contributed by atoms with E-state index in [4.69, 9.17) is 4.74 Å². The highest BCUT2D eigenvalue weighted by Gasteiger charge is 2.04. The number of hydrogen-bond donors (Lipinski definition) is 1. The Morgan fingerprint density at radius 1 is 1.43 bits per heavy atom. The molecule has 0 unspecified atom stereocenters. The van der Waals surface area contributed by atoms with E-state index in [-0.39, 0.29) is 29.8 Å². The highest BCUT2D eigenvalue weighted by molar-refractivity contribution is 14.0. The quantitative estimate of drug-likeness (QED) is 0.326. The average Bonchev–Trinajstić information content (AvgIpc) is 2.45. The molecule has 1 rings (SSSR count). The maximum atomic E-state index is 13.0. The summed E-state index contributed by atoms with van der Waals surface area (Å²) in [6.45, 7) is 4.22. The fourth-order valence-corrected chi connectivity index (χ4v) is 1.77. The Labute approximate surface area is 143 Å². The SMILES string of the molecule is CCCCN(C)C(=NC)NCCOc1cccc(F)c1.I. The molecule has 0 aromatic heterocycles. The molecule has 0 heterocycles. The first-order valence-corrected chi connectivity index (χ1v) is 6.97. The fourth-order valence-electron chi connectivity index (χ4n) is 1.77. The molecule has 21 heavy (non-hydrogen) atoms. The predicted octanol–water partition coefficient (Wildman–Crippen LogP) is 3.13. The van der Waals surface area contributed by atoms with Gasteiger partial charge in [0.15, 0.2) is 5.96 Å². The van der Waals surface area contributed by atoms with E-state index in [0.717, 1.165) is 25.3 Å². The standard InChI is InChI=1S/C15H24FN3O.HI/c1-4-5-10-19(3)15(17-2)18-9-11-20-14-8-6-7-13(16)12-14;/h6-8,12H,4-5,9-11H2,1-3H3,(H,17,18);1H. The molecule has 0 aliphatic carbocycles. The minimum Gasteiger partial charge on any atom is -0.492 e. The van der Waals surface area contributed by atoms with Gasteiger partial charge in [-0.3, -0.25) is 4.99 Å². The highest BCUT2D eigenvalue weighted by atomic mass is 127. The average molecular weight is 409 g/mol. The summed E-state index contributed by atoms with van der Waals surface area (Å²) in [5.41, 5.74) is 0. The molecule has 0 amide bonds. The third-order valence-electron chi connectivity index (χ3n) is 2.87. The number of unbranched alkanes of at least 4 members (excludes halogenated alkanes) is 1. The smallest absolute Gasteiger partial charge is 0.193 e. The van der Waals surface area contributed by atoms with Crippen LogP contribution in [0.25, 0.3) is 0 Å². The lowest BCUT2D eigenvalue weighted by molar-refractivity contribution is 0.317. The van der Waals surface area contributed by atoms with Crippen LogP contribution in [0.3, 0.4) is 0 Å². The summed E-state index contributed by atoms with van der Waals surface area (Å²) in [4.78, 5) is 6.30. The van der Waals surface area contributed by atoms with E-state index in [1.54, 1.807) is 19.2 Å². The Kier molecular flexibility index (Phi) is 11.0. The molecule has 6 heteroatoms. The molecule has 0 atom stereocenters. The molecule has 0 spiro atoms. The molecule has 0 saturated heterocycles. The van der Waals surface area contributed by atoms with E-state index in [1.165, 1.54) is 12.1 Å². The third-order valence-corrected chi connectivity index (χ3v) is 2.87. The predicted molar refractivity (Wildman–Crippen MR) is 96.2 cm³/mol. The monoisotopic (exact) mass is 409 g/mol. The minimum atomic E-state index is -0.287. The lowest BCUT2D eigenvalue weighted by atomic mass is 10.3. The molecule has 0 fully saturated rings. The number of aliphatic imine (C=N–C) groups is 1. The van der Waals surface area contributed by atoms with Gasteiger partial charge in [-0.25, -0.2) is 4.39 Å². The molecule has 0 aliphatic rings. The van der Waals surface area contributed by atoms with E-state index in [1.807, 2.05) is 7.05 Å². The van der Waals surface area contributed by atoms with Crippen LogP contribution in [0.5, 0.6) is 5.75 Å². The van der Waals surface area contributed by atoms with Gasteiger partial charge in [-0.2, -0.15) is 0 Å². The van der Waals surface area contributed by atoms with Crippen LogP contribution in [-0.2, 0) is 0 Å². The van der Waals surface area contributed by atoms with Gasteiger partial charge >= 0.3 is 0 Å². The minimum absolute atomic E-state index is 0. The molecular formula is C15H25FIN3O. The van der Waals surface area contributed by atoms with Gasteiger partial charge in [0, 0.05) is 26.7 Å². The van der Waals surface area contributed by atoms with E-state index in [9.17, 15) is 4.39 Å². The van der Waals surface area contributed by atoms with Gasteiger partial charge in [0.1, 0.15) is 18.2 Å². The molecule has 0 aliphatic heterocycles. The van der Waals surface area contributed by atoms with Crippen LogP contribution in [0.1, 0.15) is 19.8 Å². The largest absolute Gasteiger partial charge is 0.492 e. The number of nitrogens with one attached hydrogen (secondary N) is 1. The molecule has 1 N–H and O–H groups in total. The summed E-state index contributed by atoms with van der Waals surface area (Å²) < 4.78 is 18.4. The first-order chi connectivity index (χ1) is 9.67. The second kappa shape index (κ2) is 11.6. The van der Waals surface area contributed by atoms with Crippen LogP contribution in [0.4, 0.5) is 4.39 Å². The zero-order chi connectivity index (χ0) is 14.8. The summed E-state index contributed by atoms with van der Waals surface area (Å²) in [7, 11) is 3.77. The maximum Gasteiger partial charge on any atom is 0.193 e. The number of halogens is 2. The molecule has 120 valence electrons. The molecule has 1 aromatic carbocycles. The number of ether oxygens (including phenoxy) is 1. The van der Waals surface area contributed by atoms with Gasteiger partial charge < -0.3 is 15.0 Å². The molecule has 0 radical (unpaired) electrons. The molecule has 4 nitrogen and oxygen atoms in total. The lowest BCUT2D eigenvalue weighted by Gasteiger charge is -2.21. The van der Waals surface area contributed by atoms with Crippen LogP contribution >= 0.6 is 24.0 Å². The van der Waals surface area contributed by atoms with E-state index < -0.39 is 0 Å². The van der Waals surface area contributed by atoms with Crippen LogP contribution in [0.15, 0.2) is 29.3 Å². The highest BCUT2D eigenvalue weighted by Crippen LogP contribution is 2.11. The normalized spacial score (nSPS) is 10.8. The summed E-state index contributed by atoms with van der Waals surface area (Å²) >= 11 is 0. The Bertz CT molecular complexity index is 429. The zero-order valence-corrected chi connectivity index (χ0v) is 15.3. The lowest BCUT2D eigenvalue weighted by Crippen LogP contribution is -2.41. The number of nitrogens with zero attached hydrogens (tertiary/aromatic N) is 2. The van der Waals surface area contributed by atoms with Crippen molar-refractivity contribution < 1.29 is 9.13 Å². The Hall–Kier alpha value is -1.05. The number of hydrogen-bond acceptors (Lipinski definition) is 2. The van der Waals surface area contributed by atoms with Gasteiger partial charge in [0.05, 0.1) is 6.54 Å². The van der Waals surface area contributed by atoms with E-state index in [2.05, 4.69) is 22.1 Å². The van der Waals surface area contributed by atoms with Crippen LogP contribution in [0, 0.1) is 5.82 Å². The molecular weight excluding hydrogens is 384 g/mol. The Morgan fingerprint density at radius 2 is 2.19 bits per heavy atom. The Morgan fingerprint density at radius 3 is 2.81 bits per heavy atom. The first-order valence-electron chi connectivity index (χ1n) is 6.97. The second-order valence-electron chi connectivity index (χ2n) is 4.55. The van der Waals surface area contributed by atoms with Crippen molar-refractivity contribution >= 4 is 29.9 Å². The summed E-state index contributed by atoms with van der Waals surface area (Å²) in [5, 5.41) is 3.22. The number of guanidine groups is 1. The van der Waals surface area contributed by atoms with Crippen molar-refractivity contribution in [1.29, 1.82) is 0 Å². The topological polar surface area (TPSA) is 36.9 Å². The summed E-state index contributed by atoms with van der Waals surface area (Å²) in [5.74, 6) is 1.10. The third kappa shape index (κ3) is 8.08. The molecule has 1 aromatic rings. The van der Waals surface area contributed by atoms with E-state index in [0.29, 0.717) is 18.9 Å². The number of rotatable bonds is 7. The zero-order valence-electron chi connectivity index (χ0n) is 12.9. The van der Waals surface area contributed by atoms with Gasteiger partial charge in [-0.15, -0.1) is 24.0 Å². The van der Waals surface area contributed by atoms with Gasteiger partial charge in [0.25, 0.3) is 0 Å². The van der Waals surface area contributed by atoms with Crippen molar-refractivity contribution in [1.82, 2.24) is 10.2 Å². The number of benzene rings is 1. The first kappa shape index (κ1) is 19.9. The van der Waals surface area contributed by atoms with Gasteiger partial charge in [-0.1, -0.05) is 19.4 Å². The summed E-state index contributed by atoms with van der Waals surface area (Å²) in [6, 6.07) is 6.15. The van der Waals surface area contributed by atoms with Crippen LogP contribution in [-0.4, -0.2) is 44.7 Å². The molecule has 0 saturated carbocycles. The van der Waals surface area contributed by atoms with Crippen molar-refractivity contribution in [3.8, 4) is 5.75 Å². The van der Waals surface area contributed by atoms with Crippen molar-refractivity contribution in [3.63, 3.8) is 0 Å². The maximum absolute atomic E-state index is 13.0. The van der Waals surface area contributed by atoms with Crippen LogP contribution in [0.2, 0.25) is 0 Å². The second-order valence-corrected chi connectivity index (χ2v) is 4.55. The van der Waals surface area contributed by atoms with Crippen molar-refractivity contribution in [2.75, 3.05) is 33.8 Å².